The van der Waals surface area contributed by atoms with E-state index in [1.807, 2.05) is 17.5 Å². The third-order valence-corrected chi connectivity index (χ3v) is 2.77. The molecule has 0 spiro atoms. The summed E-state index contributed by atoms with van der Waals surface area (Å²) in [7, 11) is 0. The molecule has 1 aromatic rings. The van der Waals surface area contributed by atoms with E-state index < -0.39 is 11.9 Å². The van der Waals surface area contributed by atoms with E-state index in [1.165, 1.54) is 11.3 Å². The minimum absolute atomic E-state index is 0.387. The summed E-state index contributed by atoms with van der Waals surface area (Å²) in [5.41, 5.74) is 5.71. The smallest absolute Gasteiger partial charge is 0.308 e. The summed E-state index contributed by atoms with van der Waals surface area (Å²) in [6, 6.07) is 3.34. The molecule has 12 heavy (non-hydrogen) atoms. The van der Waals surface area contributed by atoms with Gasteiger partial charge in [0.05, 0.1) is 12.0 Å². The summed E-state index contributed by atoms with van der Waals surface area (Å²) in [5, 5.41) is 10.6. The zero-order valence-corrected chi connectivity index (χ0v) is 7.54. The number of carbonyl (C=O) groups is 1. The summed E-state index contributed by atoms with van der Waals surface area (Å²) in [6.45, 7) is 1.62. The van der Waals surface area contributed by atoms with Gasteiger partial charge in [0, 0.05) is 4.88 Å². The Kier molecular flexibility index (Phi) is 2.83. The van der Waals surface area contributed by atoms with E-state index in [9.17, 15) is 4.79 Å². The maximum Gasteiger partial charge on any atom is 0.308 e. The Morgan fingerprint density at radius 3 is 2.83 bits per heavy atom. The molecule has 4 heteroatoms. The highest BCUT2D eigenvalue weighted by Crippen LogP contribution is 2.23. The van der Waals surface area contributed by atoms with Crippen molar-refractivity contribution < 1.29 is 9.90 Å². The Bertz CT molecular complexity index is 258. The van der Waals surface area contributed by atoms with Gasteiger partial charge in [0.2, 0.25) is 0 Å². The normalized spacial score (nSPS) is 15.5. The molecule has 0 bridgehead atoms. The SMILES string of the molecule is CC(C(=O)O)C(N)c1cccs1. The average molecular weight is 185 g/mol. The van der Waals surface area contributed by atoms with Crippen LogP contribution in [0.3, 0.4) is 0 Å². The van der Waals surface area contributed by atoms with Crippen LogP contribution in [0.15, 0.2) is 17.5 Å². The van der Waals surface area contributed by atoms with Crippen molar-refractivity contribution in [3.05, 3.63) is 22.4 Å². The van der Waals surface area contributed by atoms with E-state index >= 15 is 0 Å². The number of nitrogens with two attached hydrogens (primary N) is 1. The summed E-state index contributed by atoms with van der Waals surface area (Å²) < 4.78 is 0. The first-order chi connectivity index (χ1) is 5.63. The van der Waals surface area contributed by atoms with Crippen LogP contribution < -0.4 is 5.73 Å². The third-order valence-electron chi connectivity index (χ3n) is 1.80. The number of carboxylic acid groups (broad SMARTS) is 1. The summed E-state index contributed by atoms with van der Waals surface area (Å²) >= 11 is 1.49. The fourth-order valence-electron chi connectivity index (χ4n) is 0.881. The van der Waals surface area contributed by atoms with Gasteiger partial charge < -0.3 is 10.8 Å². The molecular formula is C8H11NO2S. The van der Waals surface area contributed by atoms with Crippen molar-refractivity contribution in [3.8, 4) is 0 Å². The molecule has 66 valence electrons. The molecule has 0 aliphatic rings. The lowest BCUT2D eigenvalue weighted by molar-refractivity contribution is -0.141. The Balaban J connectivity index is 2.71. The fraction of sp³-hybridized carbons (Fsp3) is 0.375. The van der Waals surface area contributed by atoms with Crippen LogP contribution in [0.2, 0.25) is 0 Å². The van der Waals surface area contributed by atoms with Gasteiger partial charge in [0.25, 0.3) is 0 Å². The first-order valence-corrected chi connectivity index (χ1v) is 4.52. The maximum atomic E-state index is 10.6. The Morgan fingerprint density at radius 2 is 2.42 bits per heavy atom. The second-order valence-corrected chi connectivity index (χ2v) is 3.65. The molecule has 0 radical (unpaired) electrons. The zero-order chi connectivity index (χ0) is 9.14. The van der Waals surface area contributed by atoms with Crippen LogP contribution in [0.5, 0.6) is 0 Å². The van der Waals surface area contributed by atoms with Gasteiger partial charge in [0.1, 0.15) is 0 Å². The predicted octanol–water partition coefficient (Wildman–Crippen LogP) is 1.47. The molecule has 1 rings (SSSR count). The number of aliphatic carboxylic acids is 1. The highest BCUT2D eigenvalue weighted by molar-refractivity contribution is 7.10. The molecule has 1 heterocycles. The molecule has 1 aromatic heterocycles. The number of hydrogen-bond donors (Lipinski definition) is 2. The molecule has 2 atom stereocenters. The van der Waals surface area contributed by atoms with E-state index in [0.29, 0.717) is 0 Å². The topological polar surface area (TPSA) is 63.3 Å². The second kappa shape index (κ2) is 3.69. The molecule has 0 saturated carbocycles. The third kappa shape index (κ3) is 1.84. The van der Waals surface area contributed by atoms with Crippen molar-refractivity contribution >= 4 is 17.3 Å². The number of rotatable bonds is 3. The lowest BCUT2D eigenvalue weighted by atomic mass is 10.0. The van der Waals surface area contributed by atoms with Crippen LogP contribution in [-0.4, -0.2) is 11.1 Å². The van der Waals surface area contributed by atoms with Crippen molar-refractivity contribution in [1.29, 1.82) is 0 Å². The molecule has 3 nitrogen and oxygen atoms in total. The summed E-state index contributed by atoms with van der Waals surface area (Å²) in [5.74, 6) is -1.38. The van der Waals surface area contributed by atoms with Gasteiger partial charge in [-0.25, -0.2) is 0 Å². The predicted molar refractivity (Wildman–Crippen MR) is 48.0 cm³/mol. The second-order valence-electron chi connectivity index (χ2n) is 2.67. The van der Waals surface area contributed by atoms with Gasteiger partial charge in [-0.2, -0.15) is 0 Å². The van der Waals surface area contributed by atoms with Crippen LogP contribution in [-0.2, 0) is 4.79 Å². The molecule has 3 N–H and O–H groups in total. The van der Waals surface area contributed by atoms with Crippen molar-refractivity contribution in [2.24, 2.45) is 11.7 Å². The van der Waals surface area contributed by atoms with Gasteiger partial charge in [-0.15, -0.1) is 11.3 Å². The van der Waals surface area contributed by atoms with Gasteiger partial charge >= 0.3 is 5.97 Å². The molecule has 0 aliphatic heterocycles. The molecular weight excluding hydrogens is 174 g/mol. The van der Waals surface area contributed by atoms with E-state index in [-0.39, 0.29) is 6.04 Å². The molecule has 0 aromatic carbocycles. The maximum absolute atomic E-state index is 10.6. The van der Waals surface area contributed by atoms with Gasteiger partial charge in [-0.05, 0) is 11.4 Å². The summed E-state index contributed by atoms with van der Waals surface area (Å²) in [4.78, 5) is 11.5. The van der Waals surface area contributed by atoms with E-state index in [0.717, 1.165) is 4.88 Å². The van der Waals surface area contributed by atoms with E-state index in [1.54, 1.807) is 6.92 Å². The lowest BCUT2D eigenvalue weighted by Gasteiger charge is -2.13. The van der Waals surface area contributed by atoms with Crippen molar-refractivity contribution in [2.75, 3.05) is 0 Å². The molecule has 0 fully saturated rings. The number of carboxylic acids is 1. The van der Waals surface area contributed by atoms with Gasteiger partial charge in [0.15, 0.2) is 0 Å². The van der Waals surface area contributed by atoms with Crippen LogP contribution in [0.1, 0.15) is 17.8 Å². The minimum Gasteiger partial charge on any atom is -0.481 e. The molecule has 2 unspecified atom stereocenters. The minimum atomic E-state index is -0.851. The van der Waals surface area contributed by atoms with Crippen molar-refractivity contribution in [2.45, 2.75) is 13.0 Å². The lowest BCUT2D eigenvalue weighted by Crippen LogP contribution is -2.24. The Hall–Kier alpha value is -0.870. The first-order valence-electron chi connectivity index (χ1n) is 3.64. The molecule has 0 aliphatic carbocycles. The van der Waals surface area contributed by atoms with Crippen LogP contribution in [0.25, 0.3) is 0 Å². The van der Waals surface area contributed by atoms with E-state index in [4.69, 9.17) is 10.8 Å². The first kappa shape index (κ1) is 9.22. The number of hydrogen-bond acceptors (Lipinski definition) is 3. The Morgan fingerprint density at radius 1 is 1.75 bits per heavy atom. The fourth-order valence-corrected chi connectivity index (χ4v) is 1.71. The summed E-state index contributed by atoms with van der Waals surface area (Å²) in [6.07, 6.45) is 0. The van der Waals surface area contributed by atoms with Gasteiger partial charge in [-0.1, -0.05) is 13.0 Å². The van der Waals surface area contributed by atoms with Crippen LogP contribution in [0.4, 0.5) is 0 Å². The van der Waals surface area contributed by atoms with E-state index in [2.05, 4.69) is 0 Å². The average Bonchev–Trinajstić information content (AvgIpc) is 2.53. The highest BCUT2D eigenvalue weighted by Gasteiger charge is 2.21. The monoisotopic (exact) mass is 185 g/mol. The number of thiophene rings is 1. The van der Waals surface area contributed by atoms with Crippen LogP contribution >= 0.6 is 11.3 Å². The molecule has 0 amide bonds. The standard InChI is InChI=1S/C8H11NO2S/c1-5(8(10)11)7(9)6-3-2-4-12-6/h2-5,7H,9H2,1H3,(H,10,11). The highest BCUT2D eigenvalue weighted by atomic mass is 32.1. The largest absolute Gasteiger partial charge is 0.481 e. The molecule has 0 saturated heterocycles. The van der Waals surface area contributed by atoms with Gasteiger partial charge in [-0.3, -0.25) is 4.79 Å². The quantitative estimate of drug-likeness (QED) is 0.749. The van der Waals surface area contributed by atoms with Crippen molar-refractivity contribution in [3.63, 3.8) is 0 Å². The van der Waals surface area contributed by atoms with Crippen LogP contribution in [0, 0.1) is 5.92 Å². The zero-order valence-electron chi connectivity index (χ0n) is 6.73. The Labute approximate surface area is 74.8 Å². The van der Waals surface area contributed by atoms with Crippen molar-refractivity contribution in [1.82, 2.24) is 0 Å².